The smallest absolute Gasteiger partial charge is 1.00 e. The summed E-state index contributed by atoms with van der Waals surface area (Å²) in [5.74, 6) is 0. The number of halogens is 1. The van der Waals surface area contributed by atoms with Crippen molar-refractivity contribution in [3.8, 4) is 0 Å². The van der Waals surface area contributed by atoms with Crippen molar-refractivity contribution in [2.24, 2.45) is 0 Å². The van der Waals surface area contributed by atoms with E-state index in [0.717, 1.165) is 0 Å². The van der Waals surface area contributed by atoms with Crippen LogP contribution in [-0.4, -0.2) is 83.2 Å². The third kappa shape index (κ3) is 46.8. The topological polar surface area (TPSA) is 63.2 Å². The minimum Gasteiger partial charge on any atom is -1.00 e. The second kappa shape index (κ2) is 7.29. The van der Waals surface area contributed by atoms with Gasteiger partial charge in [0.05, 0.1) is 0 Å². The SMILES string of the molecule is O=P([O-])([O-])Cl.[Ca+2].[H-].[H-].[Sr+2]. The Kier molecular flexibility index (Phi) is 17.3. The average Bonchev–Trinajstić information content (AvgIpc) is 0.722. The zero-order valence-electron chi connectivity index (χ0n) is 5.46. The molecule has 3 nitrogen and oxygen atoms in total. The standard InChI is InChI=1S/Ca.ClH2O3P.Sr.2H/c;1-5(2,3)4;;;/h;(H2,2,3,4);;;/q+2;;+2;2*-1/p-2. The molecule has 0 rings (SSSR count). The third-order valence-electron chi connectivity index (χ3n) is 0. The van der Waals surface area contributed by atoms with Gasteiger partial charge in [-0.05, 0) is 0 Å². The van der Waals surface area contributed by atoms with Gasteiger partial charge in [-0.3, -0.25) is 0 Å². The number of hydrogen-bond acceptors (Lipinski definition) is 3. The molecule has 0 fully saturated rings. The Hall–Kier alpha value is 3.18. The molecule has 0 saturated heterocycles. The summed E-state index contributed by atoms with van der Waals surface area (Å²) >= 11 is 3.97. The van der Waals surface area contributed by atoms with Crippen LogP contribution >= 0.6 is 18.2 Å². The maximum absolute atomic E-state index is 8.87. The summed E-state index contributed by atoms with van der Waals surface area (Å²) in [7, 11) is 0. The van der Waals surface area contributed by atoms with Crippen LogP contribution in [0.1, 0.15) is 2.85 Å². The third-order valence-corrected chi connectivity index (χ3v) is 0. The molecule has 0 radical (unpaired) electrons. The van der Waals surface area contributed by atoms with Crippen molar-refractivity contribution >= 4 is 101 Å². The van der Waals surface area contributed by atoms with Gasteiger partial charge < -0.3 is 17.2 Å². The van der Waals surface area contributed by atoms with Gasteiger partial charge in [0.15, 0.2) is 0 Å². The summed E-state index contributed by atoms with van der Waals surface area (Å²) in [6.45, 7) is -4.67. The van der Waals surface area contributed by atoms with Crippen molar-refractivity contribution in [1.29, 1.82) is 0 Å². The minimum atomic E-state index is -4.67. The minimum absolute atomic E-state index is 0. The monoisotopic (exact) mass is 244 g/mol. The van der Waals surface area contributed by atoms with Crippen LogP contribution in [0.25, 0.3) is 0 Å². The molecule has 0 unspecified atom stereocenters. The molecule has 0 aromatic heterocycles. The van der Waals surface area contributed by atoms with E-state index < -0.39 is 6.95 Å². The predicted molar refractivity (Wildman–Crippen MR) is 27.2 cm³/mol. The van der Waals surface area contributed by atoms with Gasteiger partial charge in [0.2, 0.25) is 0 Å². The second-order valence-corrected chi connectivity index (χ2v) is 2.53. The Morgan fingerprint density at radius 1 is 1.57 bits per heavy atom. The summed E-state index contributed by atoms with van der Waals surface area (Å²) in [4.78, 5) is 17.7. The molecular weight excluding hydrogens is 242 g/mol. The van der Waals surface area contributed by atoms with Crippen LogP contribution in [0.3, 0.4) is 0 Å². The molecule has 0 aliphatic carbocycles. The molecule has 0 atom stereocenters. The number of hydrogen-bond donors (Lipinski definition) is 0. The van der Waals surface area contributed by atoms with Crippen molar-refractivity contribution < 1.29 is 17.2 Å². The van der Waals surface area contributed by atoms with Crippen LogP contribution in [0.5, 0.6) is 0 Å². The molecule has 0 aromatic carbocycles. The maximum atomic E-state index is 8.87. The van der Waals surface area contributed by atoms with Gasteiger partial charge in [-0.15, -0.1) is 0 Å². The Bertz CT molecular complexity index is 67.9. The van der Waals surface area contributed by atoms with E-state index in [1.165, 1.54) is 0 Å². The zero-order chi connectivity index (χ0) is 4.50. The van der Waals surface area contributed by atoms with Gasteiger partial charge in [-0.1, -0.05) is 11.2 Å². The van der Waals surface area contributed by atoms with Crippen LogP contribution in [-0.2, 0) is 4.57 Å². The molecule has 0 heterocycles. The van der Waals surface area contributed by atoms with E-state index in [1.54, 1.807) is 0 Å². The first-order valence-electron chi connectivity index (χ1n) is 0.717. The molecule has 0 N–H and O–H groups in total. The van der Waals surface area contributed by atoms with Crippen molar-refractivity contribution in [1.82, 2.24) is 0 Å². The first kappa shape index (κ1) is 16.6. The Morgan fingerprint density at radius 3 is 1.57 bits per heavy atom. The summed E-state index contributed by atoms with van der Waals surface area (Å²) in [5.41, 5.74) is 0. The average molecular weight is 244 g/mol. The summed E-state index contributed by atoms with van der Waals surface area (Å²) in [6.07, 6.45) is 0. The fourth-order valence-corrected chi connectivity index (χ4v) is 0. The van der Waals surface area contributed by atoms with E-state index in [4.69, 9.17) is 14.4 Å². The van der Waals surface area contributed by atoms with E-state index in [1.807, 2.05) is 0 Å². The Morgan fingerprint density at radius 2 is 1.57 bits per heavy atom. The molecular formula is H2CaClO3PSr. The molecule has 0 bridgehead atoms. The van der Waals surface area contributed by atoms with Gasteiger partial charge >= 0.3 is 83.2 Å². The fraction of sp³-hybridized carbons (Fsp3) is 0. The van der Waals surface area contributed by atoms with Gasteiger partial charge in [-0.2, -0.15) is 0 Å². The van der Waals surface area contributed by atoms with E-state index in [-0.39, 0.29) is 86.1 Å². The zero-order valence-corrected chi connectivity index (χ0v) is 10.8. The van der Waals surface area contributed by atoms with Crippen molar-refractivity contribution in [3.05, 3.63) is 0 Å². The van der Waals surface area contributed by atoms with Crippen LogP contribution < -0.4 is 9.79 Å². The first-order chi connectivity index (χ1) is 2.00. The molecule has 36 valence electrons. The van der Waals surface area contributed by atoms with E-state index in [2.05, 4.69) is 11.2 Å². The quantitative estimate of drug-likeness (QED) is 0.385. The van der Waals surface area contributed by atoms with Gasteiger partial charge in [0.1, 0.15) is 0 Å². The molecule has 0 aliphatic heterocycles. The second-order valence-electron chi connectivity index (χ2n) is 0.431. The van der Waals surface area contributed by atoms with Gasteiger partial charge in [0.25, 0.3) is 0 Å². The molecule has 7 heteroatoms. The van der Waals surface area contributed by atoms with Crippen LogP contribution in [0.2, 0.25) is 0 Å². The van der Waals surface area contributed by atoms with Gasteiger partial charge in [0, 0.05) is 6.95 Å². The molecule has 0 saturated carbocycles. The Labute approximate surface area is 116 Å². The van der Waals surface area contributed by atoms with E-state index >= 15 is 0 Å². The predicted octanol–water partition coefficient (Wildman–Crippen LogP) is -1.48. The maximum Gasteiger partial charge on any atom is 2.00 e. The first-order valence-corrected chi connectivity index (χ1v) is 3.16. The normalized spacial score (nSPS) is 8.43. The largest absolute Gasteiger partial charge is 2.00 e. The van der Waals surface area contributed by atoms with Crippen molar-refractivity contribution in [2.75, 3.05) is 0 Å². The van der Waals surface area contributed by atoms with Crippen molar-refractivity contribution in [3.63, 3.8) is 0 Å². The molecule has 0 spiro atoms. The van der Waals surface area contributed by atoms with Crippen LogP contribution in [0.15, 0.2) is 0 Å². The van der Waals surface area contributed by atoms with E-state index in [9.17, 15) is 0 Å². The van der Waals surface area contributed by atoms with Crippen LogP contribution in [0.4, 0.5) is 0 Å². The van der Waals surface area contributed by atoms with Crippen LogP contribution in [0, 0.1) is 0 Å². The van der Waals surface area contributed by atoms with E-state index in [0.29, 0.717) is 0 Å². The molecule has 7 heavy (non-hydrogen) atoms. The summed E-state index contributed by atoms with van der Waals surface area (Å²) < 4.78 is 8.87. The number of rotatable bonds is 0. The summed E-state index contributed by atoms with van der Waals surface area (Å²) in [6, 6.07) is 0. The summed E-state index contributed by atoms with van der Waals surface area (Å²) in [5, 5.41) is 0. The van der Waals surface area contributed by atoms with Crippen molar-refractivity contribution in [2.45, 2.75) is 0 Å². The van der Waals surface area contributed by atoms with Gasteiger partial charge in [-0.25, -0.2) is 0 Å². The molecule has 0 aliphatic rings. The molecule has 0 aromatic rings. The fourth-order valence-electron chi connectivity index (χ4n) is 0. The Balaban J connectivity index is -0.0000000133. The molecule has 0 amide bonds.